The summed E-state index contributed by atoms with van der Waals surface area (Å²) in [6.07, 6.45) is -0.289. The molecule has 2 aromatic rings. The lowest BCUT2D eigenvalue weighted by molar-refractivity contribution is -0.384. The van der Waals surface area contributed by atoms with Crippen molar-refractivity contribution >= 4 is 34.8 Å². The molecule has 2 N–H and O–H groups in total. The van der Waals surface area contributed by atoms with Crippen LogP contribution in [0.25, 0.3) is 0 Å². The van der Waals surface area contributed by atoms with Gasteiger partial charge >= 0.3 is 5.97 Å². The summed E-state index contributed by atoms with van der Waals surface area (Å²) in [6.45, 7) is 1.09. The number of nitriles is 1. The van der Waals surface area contributed by atoms with Crippen LogP contribution in [0.4, 0.5) is 17.1 Å². The average molecular weight is 396 g/mol. The number of nitrogens with one attached hydrogen (secondary N) is 2. The SMILES string of the molecule is Cc1ccc([N+](=O)[O-])cc1NC(=O)COC(=O)c1ccc(NC(=O)CC#N)cc1. The Bertz CT molecular complexity index is 995. The zero-order valence-electron chi connectivity index (χ0n) is 15.3. The zero-order chi connectivity index (χ0) is 21.4. The number of carbonyl (C=O) groups excluding carboxylic acids is 3. The van der Waals surface area contributed by atoms with Crippen molar-refractivity contribution in [2.24, 2.45) is 0 Å². The van der Waals surface area contributed by atoms with E-state index in [0.717, 1.165) is 0 Å². The highest BCUT2D eigenvalue weighted by Crippen LogP contribution is 2.21. The monoisotopic (exact) mass is 396 g/mol. The second-order valence-corrected chi connectivity index (χ2v) is 5.84. The molecule has 0 fully saturated rings. The molecule has 2 aromatic carbocycles. The number of nitrogens with zero attached hydrogens (tertiary/aromatic N) is 2. The molecule has 2 amide bonds. The molecule has 0 unspecified atom stereocenters. The van der Waals surface area contributed by atoms with Crippen LogP contribution in [-0.4, -0.2) is 29.3 Å². The van der Waals surface area contributed by atoms with Crippen molar-refractivity contribution in [1.82, 2.24) is 0 Å². The summed E-state index contributed by atoms with van der Waals surface area (Å²) >= 11 is 0. The van der Waals surface area contributed by atoms with E-state index in [1.54, 1.807) is 13.0 Å². The van der Waals surface area contributed by atoms with E-state index in [9.17, 15) is 24.5 Å². The Morgan fingerprint density at radius 2 is 1.79 bits per heavy atom. The van der Waals surface area contributed by atoms with Crippen LogP contribution in [0.3, 0.4) is 0 Å². The van der Waals surface area contributed by atoms with E-state index in [-0.39, 0.29) is 23.4 Å². The van der Waals surface area contributed by atoms with Crippen LogP contribution in [-0.2, 0) is 14.3 Å². The van der Waals surface area contributed by atoms with Gasteiger partial charge in [0.1, 0.15) is 6.42 Å². The third-order valence-electron chi connectivity index (χ3n) is 3.68. The minimum atomic E-state index is -0.759. The summed E-state index contributed by atoms with van der Waals surface area (Å²) in [5.74, 6) is -1.89. The molecule has 0 radical (unpaired) electrons. The maximum atomic E-state index is 12.0. The van der Waals surface area contributed by atoms with Crippen molar-refractivity contribution in [3.05, 3.63) is 63.7 Å². The first-order valence-electron chi connectivity index (χ1n) is 8.29. The summed E-state index contributed by atoms with van der Waals surface area (Å²) in [6, 6.07) is 11.5. The van der Waals surface area contributed by atoms with Gasteiger partial charge in [0.2, 0.25) is 5.91 Å². The van der Waals surface area contributed by atoms with Gasteiger partial charge in [-0.1, -0.05) is 6.07 Å². The first kappa shape index (κ1) is 21.0. The number of hydrogen-bond donors (Lipinski definition) is 2. The van der Waals surface area contributed by atoms with E-state index >= 15 is 0 Å². The van der Waals surface area contributed by atoms with E-state index in [1.807, 2.05) is 0 Å². The Balaban J connectivity index is 1.91. The van der Waals surface area contributed by atoms with E-state index in [1.165, 1.54) is 42.5 Å². The van der Waals surface area contributed by atoms with Crippen LogP contribution in [0.1, 0.15) is 22.3 Å². The van der Waals surface area contributed by atoms with Gasteiger partial charge in [-0.3, -0.25) is 19.7 Å². The molecule has 148 valence electrons. The van der Waals surface area contributed by atoms with Gasteiger partial charge in [0, 0.05) is 17.8 Å². The predicted octanol–water partition coefficient (Wildman–Crippen LogP) is 2.55. The highest BCUT2D eigenvalue weighted by molar-refractivity contribution is 5.97. The smallest absolute Gasteiger partial charge is 0.338 e. The quantitative estimate of drug-likeness (QED) is 0.414. The molecule has 0 saturated heterocycles. The van der Waals surface area contributed by atoms with Crippen molar-refractivity contribution < 1.29 is 24.0 Å². The second kappa shape index (κ2) is 9.61. The molecule has 0 aliphatic heterocycles. The number of aryl methyl sites for hydroxylation is 1. The topological polar surface area (TPSA) is 151 Å². The molecule has 0 saturated carbocycles. The maximum absolute atomic E-state index is 12.0. The number of carbonyl (C=O) groups is 3. The molecule has 0 bridgehead atoms. The second-order valence-electron chi connectivity index (χ2n) is 5.84. The van der Waals surface area contributed by atoms with Crippen molar-refractivity contribution in [3.8, 4) is 6.07 Å². The molecular weight excluding hydrogens is 380 g/mol. The molecule has 0 aromatic heterocycles. The molecule has 10 nitrogen and oxygen atoms in total. The van der Waals surface area contributed by atoms with E-state index in [0.29, 0.717) is 11.3 Å². The van der Waals surface area contributed by atoms with Crippen LogP contribution in [0.2, 0.25) is 0 Å². The highest BCUT2D eigenvalue weighted by Gasteiger charge is 2.14. The van der Waals surface area contributed by atoms with Crippen molar-refractivity contribution in [3.63, 3.8) is 0 Å². The third kappa shape index (κ3) is 6.14. The average Bonchev–Trinajstić information content (AvgIpc) is 2.68. The van der Waals surface area contributed by atoms with Crippen LogP contribution >= 0.6 is 0 Å². The molecule has 0 atom stereocenters. The lowest BCUT2D eigenvalue weighted by Gasteiger charge is -2.09. The van der Waals surface area contributed by atoms with Crippen molar-refractivity contribution in [1.29, 1.82) is 5.26 Å². The number of ether oxygens (including phenoxy) is 1. The number of non-ortho nitro benzene ring substituents is 1. The van der Waals surface area contributed by atoms with E-state index in [4.69, 9.17) is 10.00 Å². The maximum Gasteiger partial charge on any atom is 0.338 e. The zero-order valence-corrected chi connectivity index (χ0v) is 15.3. The lowest BCUT2D eigenvalue weighted by atomic mass is 10.2. The standard InChI is InChI=1S/C19H16N4O6/c1-12-2-7-15(23(27)28)10-16(12)22-18(25)11-29-19(26)13-3-5-14(6-4-13)21-17(24)8-9-20/h2-7,10H,8,11H2,1H3,(H,21,24)(H,22,25). The molecule has 0 spiro atoms. The Kier molecular flexibility index (Phi) is 6.97. The fourth-order valence-corrected chi connectivity index (χ4v) is 2.23. The fraction of sp³-hybridized carbons (Fsp3) is 0.158. The summed E-state index contributed by atoms with van der Waals surface area (Å²) in [7, 11) is 0. The molecule has 0 aliphatic rings. The number of anilines is 2. The number of benzene rings is 2. The number of amides is 2. The largest absolute Gasteiger partial charge is 0.452 e. The number of hydrogen-bond acceptors (Lipinski definition) is 7. The summed E-state index contributed by atoms with van der Waals surface area (Å²) < 4.78 is 4.92. The van der Waals surface area contributed by atoms with E-state index in [2.05, 4.69) is 10.6 Å². The lowest BCUT2D eigenvalue weighted by Crippen LogP contribution is -2.21. The van der Waals surface area contributed by atoms with Crippen molar-refractivity contribution in [2.75, 3.05) is 17.2 Å². The van der Waals surface area contributed by atoms with Gasteiger partial charge in [-0.15, -0.1) is 0 Å². The van der Waals surface area contributed by atoms with E-state index < -0.39 is 29.3 Å². The van der Waals surface area contributed by atoms with Crippen LogP contribution in [0, 0.1) is 28.4 Å². The fourth-order valence-electron chi connectivity index (χ4n) is 2.23. The van der Waals surface area contributed by atoms with Crippen molar-refractivity contribution in [2.45, 2.75) is 13.3 Å². The van der Waals surface area contributed by atoms with Gasteiger partial charge in [0.15, 0.2) is 6.61 Å². The molecule has 29 heavy (non-hydrogen) atoms. The molecule has 0 heterocycles. The summed E-state index contributed by atoms with van der Waals surface area (Å²) in [4.78, 5) is 45.6. The molecule has 2 rings (SSSR count). The summed E-state index contributed by atoms with van der Waals surface area (Å²) in [5.41, 5.74) is 1.25. The van der Waals surface area contributed by atoms with Crippen LogP contribution in [0.5, 0.6) is 0 Å². The van der Waals surface area contributed by atoms with Gasteiger partial charge in [0.25, 0.3) is 11.6 Å². The minimum absolute atomic E-state index is 0.155. The number of rotatable bonds is 7. The van der Waals surface area contributed by atoms with Crippen LogP contribution < -0.4 is 10.6 Å². The molecule has 0 aliphatic carbocycles. The van der Waals surface area contributed by atoms with Crippen LogP contribution in [0.15, 0.2) is 42.5 Å². The number of nitro benzene ring substituents is 1. The van der Waals surface area contributed by atoms with Gasteiger partial charge in [-0.2, -0.15) is 5.26 Å². The molecular formula is C19H16N4O6. The Morgan fingerprint density at radius 3 is 2.41 bits per heavy atom. The summed E-state index contributed by atoms with van der Waals surface area (Å²) in [5, 5.41) is 24.2. The first-order chi connectivity index (χ1) is 13.8. The predicted molar refractivity (Wildman–Crippen MR) is 102 cm³/mol. The number of nitro groups is 1. The Hall–Kier alpha value is -4.26. The number of esters is 1. The van der Waals surface area contributed by atoms with Gasteiger partial charge < -0.3 is 15.4 Å². The van der Waals surface area contributed by atoms with Gasteiger partial charge in [0.05, 0.1) is 22.2 Å². The van der Waals surface area contributed by atoms with Gasteiger partial charge in [-0.25, -0.2) is 4.79 Å². The highest BCUT2D eigenvalue weighted by atomic mass is 16.6. The molecule has 10 heteroatoms. The minimum Gasteiger partial charge on any atom is -0.452 e. The Morgan fingerprint density at radius 1 is 1.10 bits per heavy atom. The van der Waals surface area contributed by atoms with Gasteiger partial charge in [-0.05, 0) is 36.8 Å². The normalized spacial score (nSPS) is 9.79. The first-order valence-corrected chi connectivity index (χ1v) is 8.29. The Labute approximate surface area is 165 Å². The third-order valence-corrected chi connectivity index (χ3v) is 3.68.